The van der Waals surface area contributed by atoms with Crippen molar-refractivity contribution in [1.82, 2.24) is 14.8 Å². The molecular weight excluding hydrogens is 358 g/mol. The average Bonchev–Trinajstić information content (AvgIpc) is 3.21. The average molecular weight is 382 g/mol. The number of pyridine rings is 1. The maximum atomic E-state index is 12.4. The summed E-state index contributed by atoms with van der Waals surface area (Å²) in [6, 6.07) is 13.9. The van der Waals surface area contributed by atoms with Crippen LogP contribution in [0.1, 0.15) is 16.9 Å². The molecule has 0 bridgehead atoms. The highest BCUT2D eigenvalue weighted by Gasteiger charge is 2.21. The number of aryl methyl sites for hydroxylation is 1. The number of para-hydroxylation sites is 1. The number of hydrogen-bond donors (Lipinski definition) is 1. The summed E-state index contributed by atoms with van der Waals surface area (Å²) in [6.07, 6.45) is 1.40. The number of rotatable bonds is 5. The molecule has 2 aromatic heterocycles. The van der Waals surface area contributed by atoms with Crippen LogP contribution in [0.2, 0.25) is 0 Å². The smallest absolute Gasteiger partial charge is 0.252 e. The number of fused-ring (bicyclic) bond motifs is 1. The third kappa shape index (κ3) is 4.28. The molecule has 1 aromatic carbocycles. The van der Waals surface area contributed by atoms with Gasteiger partial charge < -0.3 is 9.88 Å². The van der Waals surface area contributed by atoms with Crippen molar-refractivity contribution in [2.75, 3.05) is 26.2 Å². The van der Waals surface area contributed by atoms with E-state index in [0.717, 1.165) is 49.1 Å². The Morgan fingerprint density at radius 1 is 1.07 bits per heavy atom. The fourth-order valence-corrected chi connectivity index (χ4v) is 4.26. The molecule has 1 saturated heterocycles. The van der Waals surface area contributed by atoms with Crippen molar-refractivity contribution < 1.29 is 4.79 Å². The van der Waals surface area contributed by atoms with Crippen LogP contribution in [0.3, 0.4) is 0 Å². The molecule has 0 aliphatic carbocycles. The molecule has 1 aliphatic rings. The maximum Gasteiger partial charge on any atom is 0.252 e. The SMILES string of the molecule is O=C(CCc1cccs1)N1CCN(Cc2cc3ccccc3[nH]c2=O)CC1. The number of nitrogens with zero attached hydrogens (tertiary/aromatic N) is 2. The van der Waals surface area contributed by atoms with Gasteiger partial charge in [0, 0.05) is 55.1 Å². The van der Waals surface area contributed by atoms with Gasteiger partial charge in [0.25, 0.3) is 5.56 Å². The van der Waals surface area contributed by atoms with Gasteiger partial charge in [0.1, 0.15) is 0 Å². The number of thiophene rings is 1. The van der Waals surface area contributed by atoms with Crippen LogP contribution in [0, 0.1) is 0 Å². The topological polar surface area (TPSA) is 56.4 Å². The van der Waals surface area contributed by atoms with E-state index in [9.17, 15) is 9.59 Å². The van der Waals surface area contributed by atoms with Gasteiger partial charge in [0.15, 0.2) is 0 Å². The van der Waals surface area contributed by atoms with Crippen molar-refractivity contribution in [2.45, 2.75) is 19.4 Å². The van der Waals surface area contributed by atoms with Gasteiger partial charge in [-0.05, 0) is 35.4 Å². The third-order valence-corrected chi connectivity index (χ3v) is 6.05. The zero-order valence-electron chi connectivity index (χ0n) is 15.2. The highest BCUT2D eigenvalue weighted by atomic mass is 32.1. The molecular formula is C21H23N3O2S. The monoisotopic (exact) mass is 381 g/mol. The second-order valence-corrected chi connectivity index (χ2v) is 7.98. The summed E-state index contributed by atoms with van der Waals surface area (Å²) < 4.78 is 0. The number of hydrogen-bond acceptors (Lipinski definition) is 4. The summed E-state index contributed by atoms with van der Waals surface area (Å²) in [5, 5.41) is 3.10. The van der Waals surface area contributed by atoms with Gasteiger partial charge in [-0.3, -0.25) is 14.5 Å². The minimum absolute atomic E-state index is 0.0249. The minimum atomic E-state index is -0.0249. The second kappa shape index (κ2) is 8.06. The van der Waals surface area contributed by atoms with Crippen LogP contribution in [-0.2, 0) is 17.8 Å². The first-order valence-electron chi connectivity index (χ1n) is 9.32. The van der Waals surface area contributed by atoms with Crippen molar-refractivity contribution >= 4 is 28.1 Å². The molecule has 1 N–H and O–H groups in total. The summed E-state index contributed by atoms with van der Waals surface area (Å²) in [7, 11) is 0. The molecule has 3 heterocycles. The van der Waals surface area contributed by atoms with E-state index in [1.807, 2.05) is 46.7 Å². The number of nitrogens with one attached hydrogen (secondary N) is 1. The molecule has 0 spiro atoms. The normalized spacial score (nSPS) is 15.3. The Morgan fingerprint density at radius 2 is 1.89 bits per heavy atom. The predicted octanol–water partition coefficient (Wildman–Crippen LogP) is 2.87. The lowest BCUT2D eigenvalue weighted by Crippen LogP contribution is -2.48. The molecule has 1 aliphatic heterocycles. The molecule has 4 rings (SSSR count). The summed E-state index contributed by atoms with van der Waals surface area (Å²) in [6.45, 7) is 3.69. The number of piperazine rings is 1. The first kappa shape index (κ1) is 17.9. The van der Waals surface area contributed by atoms with E-state index in [-0.39, 0.29) is 11.5 Å². The van der Waals surface area contributed by atoms with E-state index in [0.29, 0.717) is 13.0 Å². The van der Waals surface area contributed by atoms with Crippen LogP contribution in [0.4, 0.5) is 0 Å². The van der Waals surface area contributed by atoms with Crippen molar-refractivity contribution in [3.05, 3.63) is 68.6 Å². The molecule has 140 valence electrons. The minimum Gasteiger partial charge on any atom is -0.340 e. The van der Waals surface area contributed by atoms with Gasteiger partial charge in [0.2, 0.25) is 5.91 Å². The van der Waals surface area contributed by atoms with Crippen molar-refractivity contribution in [3.63, 3.8) is 0 Å². The molecule has 1 fully saturated rings. The molecule has 0 radical (unpaired) electrons. The maximum absolute atomic E-state index is 12.4. The Morgan fingerprint density at radius 3 is 2.67 bits per heavy atom. The largest absolute Gasteiger partial charge is 0.340 e. The van der Waals surface area contributed by atoms with Crippen LogP contribution in [0.25, 0.3) is 10.9 Å². The Kier molecular flexibility index (Phi) is 5.36. The molecule has 0 unspecified atom stereocenters. The van der Waals surface area contributed by atoms with Gasteiger partial charge in [-0.2, -0.15) is 0 Å². The van der Waals surface area contributed by atoms with Gasteiger partial charge in [-0.25, -0.2) is 0 Å². The summed E-state index contributed by atoms with van der Waals surface area (Å²) in [5.41, 5.74) is 1.63. The molecule has 5 nitrogen and oxygen atoms in total. The summed E-state index contributed by atoms with van der Waals surface area (Å²) in [4.78, 5) is 33.2. The Balaban J connectivity index is 1.32. The van der Waals surface area contributed by atoms with E-state index >= 15 is 0 Å². The van der Waals surface area contributed by atoms with E-state index in [1.54, 1.807) is 11.3 Å². The third-order valence-electron chi connectivity index (χ3n) is 5.11. The molecule has 3 aromatic rings. The lowest BCUT2D eigenvalue weighted by atomic mass is 10.1. The molecule has 6 heteroatoms. The number of benzene rings is 1. The highest BCUT2D eigenvalue weighted by Crippen LogP contribution is 2.14. The van der Waals surface area contributed by atoms with Crippen molar-refractivity contribution in [1.29, 1.82) is 0 Å². The first-order valence-corrected chi connectivity index (χ1v) is 10.2. The fraction of sp³-hybridized carbons (Fsp3) is 0.333. The Bertz CT molecular complexity index is 973. The fourth-order valence-electron chi connectivity index (χ4n) is 3.55. The predicted molar refractivity (Wildman–Crippen MR) is 109 cm³/mol. The number of amides is 1. The number of aromatic nitrogens is 1. The van der Waals surface area contributed by atoms with Gasteiger partial charge in [-0.1, -0.05) is 24.3 Å². The van der Waals surface area contributed by atoms with Gasteiger partial charge in [-0.15, -0.1) is 11.3 Å². The van der Waals surface area contributed by atoms with E-state index in [4.69, 9.17) is 0 Å². The second-order valence-electron chi connectivity index (χ2n) is 6.95. The zero-order valence-corrected chi connectivity index (χ0v) is 16.0. The number of H-pyrrole nitrogens is 1. The molecule has 0 saturated carbocycles. The van der Waals surface area contributed by atoms with Crippen LogP contribution >= 0.6 is 11.3 Å². The van der Waals surface area contributed by atoms with E-state index < -0.39 is 0 Å². The lowest BCUT2D eigenvalue weighted by molar-refractivity contribution is -0.132. The standard InChI is InChI=1S/C21H23N3O2S/c25-20(8-7-18-5-3-13-27-18)24-11-9-23(10-12-24)15-17-14-16-4-1-2-6-19(16)22-21(17)26/h1-6,13-14H,7-12,15H2,(H,22,26). The summed E-state index contributed by atoms with van der Waals surface area (Å²) in [5.74, 6) is 0.228. The van der Waals surface area contributed by atoms with Crippen LogP contribution in [-0.4, -0.2) is 46.9 Å². The number of aromatic amines is 1. The summed E-state index contributed by atoms with van der Waals surface area (Å²) >= 11 is 1.70. The number of carbonyl (C=O) groups is 1. The zero-order chi connectivity index (χ0) is 18.6. The highest BCUT2D eigenvalue weighted by molar-refractivity contribution is 7.09. The van der Waals surface area contributed by atoms with E-state index in [1.165, 1.54) is 4.88 Å². The lowest BCUT2D eigenvalue weighted by Gasteiger charge is -2.34. The van der Waals surface area contributed by atoms with Gasteiger partial charge in [0.05, 0.1) is 0 Å². The van der Waals surface area contributed by atoms with Gasteiger partial charge >= 0.3 is 0 Å². The Labute approximate surface area is 162 Å². The van der Waals surface area contributed by atoms with Crippen LogP contribution < -0.4 is 5.56 Å². The first-order chi connectivity index (χ1) is 13.2. The van der Waals surface area contributed by atoms with Crippen molar-refractivity contribution in [3.8, 4) is 0 Å². The molecule has 0 atom stereocenters. The number of carbonyl (C=O) groups excluding carboxylic acids is 1. The molecule has 27 heavy (non-hydrogen) atoms. The molecule has 1 amide bonds. The van der Waals surface area contributed by atoms with Crippen molar-refractivity contribution in [2.24, 2.45) is 0 Å². The Hall–Kier alpha value is -2.44. The quantitative estimate of drug-likeness (QED) is 0.739. The van der Waals surface area contributed by atoms with E-state index in [2.05, 4.69) is 16.0 Å². The van der Waals surface area contributed by atoms with Crippen LogP contribution in [0.15, 0.2) is 52.6 Å². The van der Waals surface area contributed by atoms with Crippen LogP contribution in [0.5, 0.6) is 0 Å².